The maximum absolute atomic E-state index is 5.79. The van der Waals surface area contributed by atoms with E-state index in [4.69, 9.17) is 16.3 Å². The number of nitrogens with zero attached hydrogens (tertiary/aromatic N) is 1. The molecule has 0 radical (unpaired) electrons. The minimum atomic E-state index is 0.529. The second kappa shape index (κ2) is 5.19. The molecule has 0 N–H and O–H groups in total. The van der Waals surface area contributed by atoms with Gasteiger partial charge >= 0.3 is 0 Å². The van der Waals surface area contributed by atoms with Crippen molar-refractivity contribution in [2.45, 2.75) is 0 Å². The van der Waals surface area contributed by atoms with E-state index in [1.54, 1.807) is 18.3 Å². The largest absolute Gasteiger partial charge is 0.439 e. The Balaban J connectivity index is 1.93. The van der Waals surface area contributed by atoms with Gasteiger partial charge in [-0.25, -0.2) is 4.98 Å². The highest BCUT2D eigenvalue weighted by Gasteiger charge is 2.01. The molecule has 0 aliphatic carbocycles. The lowest BCUT2D eigenvalue weighted by Crippen LogP contribution is -1.87. The molecule has 0 saturated heterocycles. The molecule has 0 fully saturated rings. The van der Waals surface area contributed by atoms with Gasteiger partial charge in [-0.15, -0.1) is 0 Å². The van der Waals surface area contributed by atoms with Gasteiger partial charge in [0.25, 0.3) is 0 Å². The van der Waals surface area contributed by atoms with Crippen LogP contribution in [0.3, 0.4) is 0 Å². The first-order valence-corrected chi connectivity index (χ1v) is 6.86. The zero-order valence-electron chi connectivity index (χ0n) is 9.81. The summed E-state index contributed by atoms with van der Waals surface area (Å²) in [5.74, 6) is 1.28. The molecule has 1 aromatic heterocycles. The zero-order chi connectivity index (χ0) is 13.2. The molecule has 2 nitrogen and oxygen atoms in total. The van der Waals surface area contributed by atoms with E-state index in [1.165, 1.54) is 0 Å². The van der Waals surface area contributed by atoms with Crippen LogP contribution < -0.4 is 4.74 Å². The van der Waals surface area contributed by atoms with E-state index in [9.17, 15) is 0 Å². The summed E-state index contributed by atoms with van der Waals surface area (Å²) in [6, 6.07) is 15.5. The fourth-order valence-electron chi connectivity index (χ4n) is 1.80. The van der Waals surface area contributed by atoms with E-state index in [0.717, 1.165) is 21.0 Å². The summed E-state index contributed by atoms with van der Waals surface area (Å²) < 4.78 is 6.75. The summed E-state index contributed by atoms with van der Waals surface area (Å²) in [7, 11) is 0. The quantitative estimate of drug-likeness (QED) is 0.622. The van der Waals surface area contributed by atoms with Gasteiger partial charge in [-0.05, 0) is 41.1 Å². The van der Waals surface area contributed by atoms with Gasteiger partial charge < -0.3 is 4.74 Å². The van der Waals surface area contributed by atoms with Crippen LogP contribution in [0, 0.1) is 0 Å². The monoisotopic (exact) mass is 333 g/mol. The highest BCUT2D eigenvalue weighted by atomic mass is 79.9. The molecule has 4 heteroatoms. The van der Waals surface area contributed by atoms with Crippen molar-refractivity contribution in [2.75, 3.05) is 0 Å². The lowest BCUT2D eigenvalue weighted by Gasteiger charge is -2.06. The Hall–Kier alpha value is -1.58. The van der Waals surface area contributed by atoms with Gasteiger partial charge in [0, 0.05) is 16.7 Å². The van der Waals surface area contributed by atoms with Gasteiger partial charge in [-0.2, -0.15) is 0 Å². The number of pyridine rings is 1. The highest BCUT2D eigenvalue weighted by molar-refractivity contribution is 9.10. The highest BCUT2D eigenvalue weighted by Crippen LogP contribution is 2.26. The van der Waals surface area contributed by atoms with Crippen molar-refractivity contribution >= 4 is 38.3 Å². The van der Waals surface area contributed by atoms with E-state index >= 15 is 0 Å². The van der Waals surface area contributed by atoms with Crippen LogP contribution in [-0.2, 0) is 0 Å². The van der Waals surface area contributed by atoms with Crippen LogP contribution in [0.25, 0.3) is 10.8 Å². The van der Waals surface area contributed by atoms with Gasteiger partial charge in [-0.1, -0.05) is 39.7 Å². The molecule has 1 heterocycles. The van der Waals surface area contributed by atoms with Crippen LogP contribution in [0.2, 0.25) is 5.02 Å². The van der Waals surface area contributed by atoms with Crippen LogP contribution in [0.1, 0.15) is 0 Å². The van der Waals surface area contributed by atoms with Crippen molar-refractivity contribution in [3.63, 3.8) is 0 Å². The van der Waals surface area contributed by atoms with Gasteiger partial charge in [0.2, 0.25) is 5.88 Å². The molecule has 0 aliphatic heterocycles. The third-order valence-corrected chi connectivity index (χ3v) is 3.41. The number of benzene rings is 2. The van der Waals surface area contributed by atoms with Crippen molar-refractivity contribution in [2.24, 2.45) is 0 Å². The summed E-state index contributed by atoms with van der Waals surface area (Å²) in [5, 5.41) is 2.87. The predicted octanol–water partition coefficient (Wildman–Crippen LogP) is 5.44. The normalized spacial score (nSPS) is 10.6. The molecule has 0 spiro atoms. The molecule has 0 amide bonds. The van der Waals surface area contributed by atoms with E-state index in [-0.39, 0.29) is 0 Å². The minimum absolute atomic E-state index is 0.529. The molecule has 0 saturated carbocycles. The maximum atomic E-state index is 5.79. The zero-order valence-corrected chi connectivity index (χ0v) is 12.1. The van der Waals surface area contributed by atoms with Gasteiger partial charge in [0.15, 0.2) is 0 Å². The topological polar surface area (TPSA) is 22.1 Å². The second-order valence-electron chi connectivity index (χ2n) is 4.07. The maximum Gasteiger partial charge on any atom is 0.219 e. The number of ether oxygens (including phenoxy) is 1. The number of rotatable bonds is 2. The molecule has 0 atom stereocenters. The average Bonchev–Trinajstić information content (AvgIpc) is 2.42. The Bertz CT molecular complexity index is 728. The molecule has 3 rings (SSSR count). The van der Waals surface area contributed by atoms with E-state index in [2.05, 4.69) is 27.0 Å². The van der Waals surface area contributed by atoms with Crippen LogP contribution in [0.4, 0.5) is 0 Å². The Kier molecular flexibility index (Phi) is 3.40. The number of aromatic nitrogens is 1. The average molecular weight is 335 g/mol. The van der Waals surface area contributed by atoms with Gasteiger partial charge in [0.05, 0.1) is 5.02 Å². The van der Waals surface area contributed by atoms with E-state index in [1.807, 2.05) is 30.3 Å². The Morgan fingerprint density at radius 2 is 1.74 bits per heavy atom. The van der Waals surface area contributed by atoms with Gasteiger partial charge in [0.1, 0.15) is 5.75 Å². The minimum Gasteiger partial charge on any atom is -0.439 e. The molecule has 94 valence electrons. The summed E-state index contributed by atoms with van der Waals surface area (Å²) in [6.45, 7) is 0. The van der Waals surface area contributed by atoms with Crippen molar-refractivity contribution in [3.8, 4) is 11.6 Å². The fraction of sp³-hybridized carbons (Fsp3) is 0. The van der Waals surface area contributed by atoms with Crippen LogP contribution in [0.5, 0.6) is 11.6 Å². The molecule has 0 aliphatic rings. The van der Waals surface area contributed by atoms with E-state index < -0.39 is 0 Å². The summed E-state index contributed by atoms with van der Waals surface area (Å²) in [5.41, 5.74) is 0. The molecule has 2 aromatic carbocycles. The van der Waals surface area contributed by atoms with Crippen LogP contribution >= 0.6 is 27.5 Å². The Morgan fingerprint density at radius 1 is 0.947 bits per heavy atom. The number of hydrogen-bond acceptors (Lipinski definition) is 2. The lowest BCUT2D eigenvalue weighted by atomic mass is 10.1. The molecule has 0 unspecified atom stereocenters. The molecular formula is C15H9BrClNO. The first-order valence-electron chi connectivity index (χ1n) is 5.69. The Morgan fingerprint density at radius 3 is 2.53 bits per heavy atom. The summed E-state index contributed by atoms with van der Waals surface area (Å²) in [4.78, 5) is 4.11. The third-order valence-electron chi connectivity index (χ3n) is 2.70. The predicted molar refractivity (Wildman–Crippen MR) is 81.0 cm³/mol. The van der Waals surface area contributed by atoms with Crippen molar-refractivity contribution in [1.82, 2.24) is 4.98 Å². The number of hydrogen-bond donors (Lipinski definition) is 0. The lowest BCUT2D eigenvalue weighted by molar-refractivity contribution is 0.463. The second-order valence-corrected chi connectivity index (χ2v) is 5.42. The first-order chi connectivity index (χ1) is 9.20. The summed E-state index contributed by atoms with van der Waals surface area (Å²) >= 11 is 9.24. The number of fused-ring (bicyclic) bond motifs is 1. The SMILES string of the molecule is Clc1ccc(Oc2ccc3cc(Br)ccc3c2)nc1. The van der Waals surface area contributed by atoms with Crippen LogP contribution in [-0.4, -0.2) is 4.98 Å². The van der Waals surface area contributed by atoms with Gasteiger partial charge in [-0.3, -0.25) is 0 Å². The molecule has 3 aromatic rings. The first kappa shape index (κ1) is 12.5. The summed E-state index contributed by atoms with van der Waals surface area (Å²) in [6.07, 6.45) is 1.56. The number of halogens is 2. The Labute approximate surface area is 124 Å². The smallest absolute Gasteiger partial charge is 0.219 e. The standard InChI is InChI=1S/C15H9BrClNO/c16-12-3-1-11-8-14(5-2-10(11)7-12)19-15-6-4-13(17)9-18-15/h1-9H. The molecule has 0 bridgehead atoms. The van der Waals surface area contributed by atoms with Crippen molar-refractivity contribution in [1.29, 1.82) is 0 Å². The molecular weight excluding hydrogens is 326 g/mol. The van der Waals surface area contributed by atoms with Crippen LogP contribution in [0.15, 0.2) is 59.2 Å². The van der Waals surface area contributed by atoms with E-state index in [0.29, 0.717) is 10.9 Å². The molecule has 19 heavy (non-hydrogen) atoms. The van der Waals surface area contributed by atoms with Crippen molar-refractivity contribution < 1.29 is 4.74 Å². The third kappa shape index (κ3) is 2.88. The fourth-order valence-corrected chi connectivity index (χ4v) is 2.29. The van der Waals surface area contributed by atoms with Crippen molar-refractivity contribution in [3.05, 3.63) is 64.2 Å².